The molecule has 0 unspecified atom stereocenters. The minimum Gasteiger partial charge on any atom is -0.300 e. The number of aromatic nitrogens is 2. The lowest BCUT2D eigenvalue weighted by atomic mass is 9.89. The number of nitrogens with one attached hydrogen (secondary N) is 1. The standard InChI is InChI=1S/C16H19N3OS/c1-11-6-5-9-13(10-11)15-18-19-16(21-15)17-14(20)12-7-3-2-4-8-12/h5-6,9-10,12H,2-4,7-8H2,1H3,(H,17,19,20). The fourth-order valence-corrected chi connectivity index (χ4v) is 3.48. The van der Waals surface area contributed by atoms with E-state index in [-0.39, 0.29) is 11.8 Å². The summed E-state index contributed by atoms with van der Waals surface area (Å²) in [6.45, 7) is 2.05. The highest BCUT2D eigenvalue weighted by Crippen LogP contribution is 2.29. The lowest BCUT2D eigenvalue weighted by Gasteiger charge is -2.19. The summed E-state index contributed by atoms with van der Waals surface area (Å²) in [6, 6.07) is 8.15. The molecule has 0 radical (unpaired) electrons. The molecule has 2 aromatic rings. The topological polar surface area (TPSA) is 54.9 Å². The van der Waals surface area contributed by atoms with Crippen molar-refractivity contribution in [1.29, 1.82) is 0 Å². The summed E-state index contributed by atoms with van der Waals surface area (Å²) in [5, 5.41) is 12.6. The zero-order chi connectivity index (χ0) is 14.7. The predicted octanol–water partition coefficient (Wildman–Crippen LogP) is 4.03. The molecule has 1 heterocycles. The Morgan fingerprint density at radius 1 is 1.24 bits per heavy atom. The van der Waals surface area contributed by atoms with E-state index in [2.05, 4.69) is 34.6 Å². The van der Waals surface area contributed by atoms with Crippen molar-refractivity contribution in [3.63, 3.8) is 0 Å². The predicted molar refractivity (Wildman–Crippen MR) is 85.3 cm³/mol. The van der Waals surface area contributed by atoms with E-state index < -0.39 is 0 Å². The number of hydrogen-bond acceptors (Lipinski definition) is 4. The molecular weight excluding hydrogens is 282 g/mol. The maximum Gasteiger partial charge on any atom is 0.229 e. The van der Waals surface area contributed by atoms with E-state index in [1.165, 1.54) is 23.3 Å². The van der Waals surface area contributed by atoms with Crippen LogP contribution in [0.3, 0.4) is 0 Å². The monoisotopic (exact) mass is 301 g/mol. The summed E-state index contributed by atoms with van der Waals surface area (Å²) in [7, 11) is 0. The van der Waals surface area contributed by atoms with Crippen molar-refractivity contribution in [2.75, 3.05) is 5.32 Å². The fourth-order valence-electron chi connectivity index (χ4n) is 2.74. The van der Waals surface area contributed by atoms with Crippen LogP contribution in [0.25, 0.3) is 10.6 Å². The molecule has 0 atom stereocenters. The second-order valence-corrected chi connectivity index (χ2v) is 6.58. The van der Waals surface area contributed by atoms with E-state index in [0.29, 0.717) is 5.13 Å². The number of hydrogen-bond donors (Lipinski definition) is 1. The van der Waals surface area contributed by atoms with Crippen LogP contribution in [0, 0.1) is 12.8 Å². The number of rotatable bonds is 3. The molecule has 3 rings (SSSR count). The van der Waals surface area contributed by atoms with Gasteiger partial charge >= 0.3 is 0 Å². The first-order valence-electron chi connectivity index (χ1n) is 7.44. The Balaban J connectivity index is 1.69. The van der Waals surface area contributed by atoms with Crippen molar-refractivity contribution in [1.82, 2.24) is 10.2 Å². The smallest absolute Gasteiger partial charge is 0.229 e. The maximum atomic E-state index is 12.2. The zero-order valence-electron chi connectivity index (χ0n) is 12.1. The van der Waals surface area contributed by atoms with Gasteiger partial charge in [0.2, 0.25) is 11.0 Å². The molecule has 1 aliphatic carbocycles. The van der Waals surface area contributed by atoms with Crippen LogP contribution in [0.4, 0.5) is 5.13 Å². The Hall–Kier alpha value is -1.75. The lowest BCUT2D eigenvalue weighted by Crippen LogP contribution is -2.24. The molecule has 1 aromatic heterocycles. The number of aryl methyl sites for hydroxylation is 1. The molecular formula is C16H19N3OS. The Labute approximate surface area is 128 Å². The molecule has 0 bridgehead atoms. The van der Waals surface area contributed by atoms with Crippen LogP contribution < -0.4 is 5.32 Å². The zero-order valence-corrected chi connectivity index (χ0v) is 12.9. The molecule has 1 aromatic carbocycles. The molecule has 1 saturated carbocycles. The van der Waals surface area contributed by atoms with Crippen molar-refractivity contribution >= 4 is 22.4 Å². The molecule has 5 heteroatoms. The molecule has 110 valence electrons. The van der Waals surface area contributed by atoms with Gasteiger partial charge in [-0.1, -0.05) is 54.4 Å². The molecule has 0 saturated heterocycles. The van der Waals surface area contributed by atoms with E-state index in [0.717, 1.165) is 36.3 Å². The van der Waals surface area contributed by atoms with Crippen molar-refractivity contribution in [2.45, 2.75) is 39.0 Å². The molecule has 1 N–H and O–H groups in total. The number of benzene rings is 1. The first-order valence-corrected chi connectivity index (χ1v) is 8.25. The highest BCUT2D eigenvalue weighted by molar-refractivity contribution is 7.18. The minimum atomic E-state index is 0.0987. The Bertz CT molecular complexity index is 632. The summed E-state index contributed by atoms with van der Waals surface area (Å²) < 4.78 is 0. The lowest BCUT2D eigenvalue weighted by molar-refractivity contribution is -0.120. The van der Waals surface area contributed by atoms with Gasteiger partial charge in [0.15, 0.2) is 0 Å². The summed E-state index contributed by atoms with van der Waals surface area (Å²) in [5.41, 5.74) is 2.24. The van der Waals surface area contributed by atoms with Crippen LogP contribution in [0.1, 0.15) is 37.7 Å². The Kier molecular flexibility index (Phi) is 4.29. The Morgan fingerprint density at radius 3 is 2.81 bits per heavy atom. The first kappa shape index (κ1) is 14.2. The SMILES string of the molecule is Cc1cccc(-c2nnc(NC(=O)C3CCCCC3)s2)c1. The van der Waals surface area contributed by atoms with Crippen LogP contribution in [0.2, 0.25) is 0 Å². The van der Waals surface area contributed by atoms with Gasteiger partial charge in [-0.3, -0.25) is 4.79 Å². The molecule has 1 amide bonds. The van der Waals surface area contributed by atoms with E-state index in [1.54, 1.807) is 0 Å². The van der Waals surface area contributed by atoms with Gasteiger partial charge in [-0.2, -0.15) is 0 Å². The second-order valence-electron chi connectivity index (χ2n) is 5.61. The van der Waals surface area contributed by atoms with Gasteiger partial charge in [-0.25, -0.2) is 0 Å². The summed E-state index contributed by atoms with van der Waals surface area (Å²) in [6.07, 6.45) is 5.55. The van der Waals surface area contributed by atoms with Gasteiger partial charge in [0, 0.05) is 11.5 Å². The normalized spacial score (nSPS) is 15.9. The van der Waals surface area contributed by atoms with Gasteiger partial charge < -0.3 is 5.32 Å². The first-order chi connectivity index (χ1) is 10.2. The van der Waals surface area contributed by atoms with E-state index >= 15 is 0 Å². The van der Waals surface area contributed by atoms with Crippen LogP contribution in [0.5, 0.6) is 0 Å². The molecule has 4 nitrogen and oxygen atoms in total. The van der Waals surface area contributed by atoms with Crippen molar-refractivity contribution in [3.8, 4) is 10.6 Å². The van der Waals surface area contributed by atoms with E-state index in [9.17, 15) is 4.79 Å². The van der Waals surface area contributed by atoms with Crippen LogP contribution in [-0.4, -0.2) is 16.1 Å². The molecule has 21 heavy (non-hydrogen) atoms. The van der Waals surface area contributed by atoms with Crippen molar-refractivity contribution in [2.24, 2.45) is 5.92 Å². The quantitative estimate of drug-likeness (QED) is 0.931. The highest BCUT2D eigenvalue weighted by atomic mass is 32.1. The third kappa shape index (κ3) is 3.47. The largest absolute Gasteiger partial charge is 0.300 e. The number of carbonyl (C=O) groups is 1. The number of nitrogens with zero attached hydrogens (tertiary/aromatic N) is 2. The third-order valence-electron chi connectivity index (χ3n) is 3.90. The molecule has 0 spiro atoms. The number of carbonyl (C=O) groups excluding carboxylic acids is 1. The summed E-state index contributed by atoms with van der Waals surface area (Å²) >= 11 is 1.43. The number of anilines is 1. The molecule has 1 fully saturated rings. The second kappa shape index (κ2) is 6.35. The van der Waals surface area contributed by atoms with Gasteiger partial charge in [0.1, 0.15) is 5.01 Å². The highest BCUT2D eigenvalue weighted by Gasteiger charge is 2.22. The van der Waals surface area contributed by atoms with E-state index in [4.69, 9.17) is 0 Å². The summed E-state index contributed by atoms with van der Waals surface area (Å²) in [5.74, 6) is 0.242. The Morgan fingerprint density at radius 2 is 2.05 bits per heavy atom. The minimum absolute atomic E-state index is 0.0987. The maximum absolute atomic E-state index is 12.2. The average Bonchev–Trinajstić information content (AvgIpc) is 2.97. The van der Waals surface area contributed by atoms with Gasteiger partial charge in [-0.15, -0.1) is 10.2 Å². The van der Waals surface area contributed by atoms with Gasteiger partial charge in [-0.05, 0) is 25.8 Å². The van der Waals surface area contributed by atoms with E-state index in [1.807, 2.05) is 12.1 Å². The van der Waals surface area contributed by atoms with Gasteiger partial charge in [0.05, 0.1) is 0 Å². The summed E-state index contributed by atoms with van der Waals surface area (Å²) in [4.78, 5) is 12.2. The van der Waals surface area contributed by atoms with Crippen LogP contribution in [0.15, 0.2) is 24.3 Å². The van der Waals surface area contributed by atoms with Crippen LogP contribution in [-0.2, 0) is 4.79 Å². The molecule has 1 aliphatic rings. The fraction of sp³-hybridized carbons (Fsp3) is 0.438. The van der Waals surface area contributed by atoms with Crippen LogP contribution >= 0.6 is 11.3 Å². The third-order valence-corrected chi connectivity index (χ3v) is 4.78. The van der Waals surface area contributed by atoms with Gasteiger partial charge in [0.25, 0.3) is 0 Å². The van der Waals surface area contributed by atoms with Crippen molar-refractivity contribution in [3.05, 3.63) is 29.8 Å². The number of amides is 1. The average molecular weight is 301 g/mol. The molecule has 0 aliphatic heterocycles. The van der Waals surface area contributed by atoms with Crippen molar-refractivity contribution < 1.29 is 4.79 Å².